The number of hydrogen-bond acceptors (Lipinski definition) is 3. The molecule has 3 nitrogen and oxygen atoms in total. The van der Waals surface area contributed by atoms with Crippen molar-refractivity contribution < 1.29 is 9.15 Å². The van der Waals surface area contributed by atoms with Gasteiger partial charge < -0.3 is 14.5 Å². The molecule has 1 heterocycles. The Labute approximate surface area is 114 Å². The first-order valence-electron chi connectivity index (χ1n) is 6.57. The largest absolute Gasteiger partial charge is 0.461 e. The van der Waals surface area contributed by atoms with Crippen LogP contribution < -0.4 is 5.32 Å². The second-order valence-corrected chi connectivity index (χ2v) is 4.73. The van der Waals surface area contributed by atoms with Gasteiger partial charge in [0, 0.05) is 31.1 Å². The predicted molar refractivity (Wildman–Crippen MR) is 79.3 cm³/mol. The molecule has 1 aromatic heterocycles. The van der Waals surface area contributed by atoms with Crippen molar-refractivity contribution in [1.82, 2.24) is 5.32 Å². The normalized spacial score (nSPS) is 12.3. The highest BCUT2D eigenvalue weighted by Crippen LogP contribution is 2.27. The Morgan fingerprint density at radius 1 is 1.37 bits per heavy atom. The van der Waals surface area contributed by atoms with Gasteiger partial charge in [0.05, 0.1) is 6.61 Å². The summed E-state index contributed by atoms with van der Waals surface area (Å²) in [4.78, 5) is 0. The smallest absolute Gasteiger partial charge is 0.134 e. The highest BCUT2D eigenvalue weighted by molar-refractivity contribution is 5.88. The lowest BCUT2D eigenvalue weighted by atomic mass is 10.1. The number of para-hydroxylation sites is 1. The predicted octanol–water partition coefficient (Wildman–Crippen LogP) is 3.38. The van der Waals surface area contributed by atoms with Crippen molar-refractivity contribution in [3.63, 3.8) is 0 Å². The number of hydrogen-bond donors (Lipinski definition) is 1. The van der Waals surface area contributed by atoms with Crippen LogP contribution in [-0.4, -0.2) is 26.8 Å². The van der Waals surface area contributed by atoms with Gasteiger partial charge in [0.1, 0.15) is 11.3 Å². The Bertz CT molecular complexity index is 569. The Hall–Kier alpha value is -1.58. The molecule has 1 N–H and O–H groups in total. The van der Waals surface area contributed by atoms with Crippen LogP contribution in [0.1, 0.15) is 18.2 Å². The molecule has 3 heteroatoms. The van der Waals surface area contributed by atoms with E-state index in [0.29, 0.717) is 0 Å². The average Bonchev–Trinajstić information content (AvgIpc) is 2.72. The zero-order chi connectivity index (χ0) is 13.7. The van der Waals surface area contributed by atoms with E-state index in [2.05, 4.69) is 24.4 Å². The van der Waals surface area contributed by atoms with E-state index in [1.54, 1.807) is 7.11 Å². The van der Waals surface area contributed by atoms with Crippen LogP contribution in [0.5, 0.6) is 0 Å². The van der Waals surface area contributed by atoms with Crippen LogP contribution in [0.15, 0.2) is 34.3 Å². The molecule has 0 atom stereocenters. The van der Waals surface area contributed by atoms with Gasteiger partial charge in [0.15, 0.2) is 0 Å². The van der Waals surface area contributed by atoms with E-state index in [9.17, 15) is 0 Å². The van der Waals surface area contributed by atoms with Crippen molar-refractivity contribution in [3.8, 4) is 0 Å². The molecule has 1 aromatic carbocycles. The van der Waals surface area contributed by atoms with Crippen molar-refractivity contribution in [1.29, 1.82) is 0 Å². The molecule has 0 amide bonds. The first-order chi connectivity index (χ1) is 9.22. The Kier molecular flexibility index (Phi) is 4.77. The van der Waals surface area contributed by atoms with Crippen molar-refractivity contribution in [2.75, 3.05) is 26.8 Å². The topological polar surface area (TPSA) is 34.4 Å². The molecule has 0 aliphatic carbocycles. The van der Waals surface area contributed by atoms with E-state index in [4.69, 9.17) is 9.15 Å². The van der Waals surface area contributed by atoms with Crippen molar-refractivity contribution in [2.24, 2.45) is 0 Å². The number of aryl methyl sites for hydroxylation is 1. The van der Waals surface area contributed by atoms with Gasteiger partial charge in [-0.25, -0.2) is 0 Å². The summed E-state index contributed by atoms with van der Waals surface area (Å²) in [5.41, 5.74) is 3.42. The maximum atomic E-state index is 5.76. The Balaban J connectivity index is 2.13. The quantitative estimate of drug-likeness (QED) is 0.808. The van der Waals surface area contributed by atoms with E-state index in [1.807, 2.05) is 25.1 Å². The van der Waals surface area contributed by atoms with Crippen LogP contribution in [0.25, 0.3) is 17.0 Å². The first-order valence-corrected chi connectivity index (χ1v) is 6.57. The molecule has 19 heavy (non-hydrogen) atoms. The molecule has 0 unspecified atom stereocenters. The summed E-state index contributed by atoms with van der Waals surface area (Å²) in [6.45, 7) is 6.61. The number of fused-ring (bicyclic) bond motifs is 1. The van der Waals surface area contributed by atoms with E-state index in [1.165, 1.54) is 16.5 Å². The number of nitrogens with one attached hydrogen (secondary N) is 1. The second-order valence-electron chi connectivity index (χ2n) is 4.73. The lowest BCUT2D eigenvalue weighted by Gasteiger charge is -2.04. The van der Waals surface area contributed by atoms with Crippen molar-refractivity contribution in [2.45, 2.75) is 13.8 Å². The average molecular weight is 259 g/mol. The lowest BCUT2D eigenvalue weighted by molar-refractivity contribution is 0.200. The monoisotopic (exact) mass is 259 g/mol. The van der Waals surface area contributed by atoms with Crippen LogP contribution in [0.4, 0.5) is 0 Å². The van der Waals surface area contributed by atoms with E-state index in [0.717, 1.165) is 31.0 Å². The van der Waals surface area contributed by atoms with Crippen LogP contribution in [0, 0.1) is 6.92 Å². The molecule has 0 bridgehead atoms. The van der Waals surface area contributed by atoms with Gasteiger partial charge in [-0.05, 0) is 19.9 Å². The highest BCUT2D eigenvalue weighted by Gasteiger charge is 2.07. The summed E-state index contributed by atoms with van der Waals surface area (Å²) in [7, 11) is 1.71. The third kappa shape index (κ3) is 3.46. The molecule has 0 saturated carbocycles. The summed E-state index contributed by atoms with van der Waals surface area (Å²) < 4.78 is 10.8. The number of furan rings is 1. The van der Waals surface area contributed by atoms with E-state index >= 15 is 0 Å². The summed E-state index contributed by atoms with van der Waals surface area (Å²) >= 11 is 0. The van der Waals surface area contributed by atoms with Crippen LogP contribution in [0.3, 0.4) is 0 Å². The fourth-order valence-corrected chi connectivity index (χ4v) is 2.12. The third-order valence-corrected chi connectivity index (χ3v) is 3.10. The molecule has 102 valence electrons. The van der Waals surface area contributed by atoms with Gasteiger partial charge in [-0.15, -0.1) is 0 Å². The number of rotatable bonds is 6. The third-order valence-electron chi connectivity index (χ3n) is 3.10. The molecule has 0 radical (unpaired) electrons. The summed E-state index contributed by atoms with van der Waals surface area (Å²) in [5.74, 6) is 0.970. The Morgan fingerprint density at radius 2 is 2.16 bits per heavy atom. The fraction of sp³-hybridized carbons (Fsp3) is 0.375. The van der Waals surface area contributed by atoms with Gasteiger partial charge >= 0.3 is 0 Å². The minimum atomic E-state index is 0.737. The fourth-order valence-electron chi connectivity index (χ4n) is 2.12. The molecule has 2 aromatic rings. The van der Waals surface area contributed by atoms with Gasteiger partial charge in [-0.3, -0.25) is 0 Å². The van der Waals surface area contributed by atoms with E-state index < -0.39 is 0 Å². The van der Waals surface area contributed by atoms with Gasteiger partial charge in [0.2, 0.25) is 0 Å². The minimum Gasteiger partial charge on any atom is -0.461 e. The zero-order valence-corrected chi connectivity index (χ0v) is 11.8. The van der Waals surface area contributed by atoms with Crippen molar-refractivity contribution >= 4 is 17.0 Å². The SMILES string of the molecule is COCCNC/C(C)=C/c1c(C)oc2ccccc12. The maximum Gasteiger partial charge on any atom is 0.134 e. The standard InChI is InChI=1S/C16H21NO2/c1-12(11-17-8-9-18-3)10-15-13(2)19-16-7-5-4-6-14(15)16/h4-7,10,17H,8-9,11H2,1-3H3/b12-10+. The minimum absolute atomic E-state index is 0.737. The maximum absolute atomic E-state index is 5.76. The zero-order valence-electron chi connectivity index (χ0n) is 11.8. The Morgan fingerprint density at radius 3 is 2.95 bits per heavy atom. The highest BCUT2D eigenvalue weighted by atomic mass is 16.5. The van der Waals surface area contributed by atoms with E-state index in [-0.39, 0.29) is 0 Å². The van der Waals surface area contributed by atoms with Crippen LogP contribution in [-0.2, 0) is 4.74 Å². The van der Waals surface area contributed by atoms with Gasteiger partial charge in [-0.1, -0.05) is 29.8 Å². The molecule has 0 aliphatic heterocycles. The van der Waals surface area contributed by atoms with Crippen LogP contribution >= 0.6 is 0 Å². The molecule has 0 fully saturated rings. The summed E-state index contributed by atoms with van der Waals surface area (Å²) in [6, 6.07) is 8.15. The lowest BCUT2D eigenvalue weighted by Crippen LogP contribution is -2.20. The molecule has 0 saturated heterocycles. The molecule has 2 rings (SSSR count). The second kappa shape index (κ2) is 6.55. The molecular weight excluding hydrogens is 238 g/mol. The molecule has 0 aliphatic rings. The first kappa shape index (κ1) is 13.8. The molecular formula is C16H21NO2. The van der Waals surface area contributed by atoms with Crippen molar-refractivity contribution in [3.05, 3.63) is 41.2 Å². The van der Waals surface area contributed by atoms with Gasteiger partial charge in [-0.2, -0.15) is 0 Å². The van der Waals surface area contributed by atoms with Crippen LogP contribution in [0.2, 0.25) is 0 Å². The number of ether oxygens (including phenoxy) is 1. The number of benzene rings is 1. The van der Waals surface area contributed by atoms with Gasteiger partial charge in [0.25, 0.3) is 0 Å². The molecule has 0 spiro atoms. The number of methoxy groups -OCH3 is 1. The summed E-state index contributed by atoms with van der Waals surface area (Å²) in [6.07, 6.45) is 2.20. The summed E-state index contributed by atoms with van der Waals surface area (Å²) in [5, 5.41) is 4.52.